The standard InChI is InChI=1S/C23H28F5N/c1-16(2)10-12-29(15-18-4-9-21(24)22(25)14-18)13-11-17(3)19-5-7-20(8-6-19)23(26,27)28/h4-9,14,16-17H,10-13,15H2,1-3H3. The first-order valence-electron chi connectivity index (χ1n) is 9.89. The smallest absolute Gasteiger partial charge is 0.299 e. The quantitative estimate of drug-likeness (QED) is 0.399. The third kappa shape index (κ3) is 7.42. The predicted octanol–water partition coefficient (Wildman–Crippen LogP) is 7.03. The molecule has 0 N–H and O–H groups in total. The van der Waals surface area contributed by atoms with Crippen molar-refractivity contribution < 1.29 is 22.0 Å². The fourth-order valence-electron chi connectivity index (χ4n) is 3.15. The highest BCUT2D eigenvalue weighted by Gasteiger charge is 2.30. The Morgan fingerprint density at radius 3 is 2.00 bits per heavy atom. The minimum absolute atomic E-state index is 0.0868. The average molecular weight is 413 g/mol. The van der Waals surface area contributed by atoms with Gasteiger partial charge in [-0.2, -0.15) is 13.2 Å². The molecule has 160 valence electrons. The van der Waals surface area contributed by atoms with Gasteiger partial charge in [-0.25, -0.2) is 8.78 Å². The predicted molar refractivity (Wildman–Crippen MR) is 106 cm³/mol. The Balaban J connectivity index is 2.01. The minimum atomic E-state index is -4.33. The average Bonchev–Trinajstić information content (AvgIpc) is 2.65. The normalized spacial score (nSPS) is 13.3. The van der Waals surface area contributed by atoms with Crippen LogP contribution in [0, 0.1) is 17.6 Å². The second-order valence-corrected chi connectivity index (χ2v) is 8.02. The molecule has 0 aliphatic rings. The summed E-state index contributed by atoms with van der Waals surface area (Å²) in [7, 11) is 0. The molecular formula is C23H28F5N. The first-order valence-corrected chi connectivity index (χ1v) is 9.89. The van der Waals surface area contributed by atoms with Crippen LogP contribution in [0.1, 0.15) is 56.2 Å². The summed E-state index contributed by atoms with van der Waals surface area (Å²) >= 11 is 0. The van der Waals surface area contributed by atoms with Crippen molar-refractivity contribution in [3.05, 3.63) is 70.8 Å². The van der Waals surface area contributed by atoms with Crippen molar-refractivity contribution >= 4 is 0 Å². The van der Waals surface area contributed by atoms with Gasteiger partial charge < -0.3 is 0 Å². The van der Waals surface area contributed by atoms with E-state index in [1.165, 1.54) is 18.2 Å². The van der Waals surface area contributed by atoms with Crippen LogP contribution in [0.2, 0.25) is 0 Å². The molecule has 0 aliphatic heterocycles. The Hall–Kier alpha value is -1.95. The summed E-state index contributed by atoms with van der Waals surface area (Å²) < 4.78 is 64.9. The van der Waals surface area contributed by atoms with E-state index < -0.39 is 23.4 Å². The molecule has 0 amide bonds. The molecule has 1 atom stereocenters. The molecule has 1 nitrogen and oxygen atoms in total. The van der Waals surface area contributed by atoms with Crippen LogP contribution in [-0.2, 0) is 12.7 Å². The van der Waals surface area contributed by atoms with E-state index in [-0.39, 0.29) is 5.92 Å². The number of hydrogen-bond acceptors (Lipinski definition) is 1. The zero-order chi connectivity index (χ0) is 21.6. The second-order valence-electron chi connectivity index (χ2n) is 8.02. The molecule has 2 aromatic rings. The van der Waals surface area contributed by atoms with Crippen LogP contribution in [0.3, 0.4) is 0 Å². The summed E-state index contributed by atoms with van der Waals surface area (Å²) in [5.74, 6) is -1.12. The highest BCUT2D eigenvalue weighted by atomic mass is 19.4. The van der Waals surface area contributed by atoms with E-state index in [9.17, 15) is 22.0 Å². The SMILES string of the molecule is CC(C)CCN(CCC(C)c1ccc(C(F)(F)F)cc1)Cc1ccc(F)c(F)c1. The Bertz CT molecular complexity index is 768. The summed E-state index contributed by atoms with van der Waals surface area (Å²) in [5, 5.41) is 0. The number of alkyl halides is 3. The van der Waals surface area contributed by atoms with Crippen LogP contribution in [0.4, 0.5) is 22.0 Å². The van der Waals surface area contributed by atoms with Gasteiger partial charge >= 0.3 is 6.18 Å². The van der Waals surface area contributed by atoms with Crippen molar-refractivity contribution in [1.82, 2.24) is 4.90 Å². The zero-order valence-electron chi connectivity index (χ0n) is 17.1. The fraction of sp³-hybridized carbons (Fsp3) is 0.478. The number of hydrogen-bond donors (Lipinski definition) is 0. The van der Waals surface area contributed by atoms with Gasteiger partial charge in [0.1, 0.15) is 0 Å². The lowest BCUT2D eigenvalue weighted by atomic mass is 9.96. The molecule has 0 aliphatic carbocycles. The Labute approximate surface area is 169 Å². The summed E-state index contributed by atoms with van der Waals surface area (Å²) in [5.41, 5.74) is 0.912. The molecule has 6 heteroatoms. The first kappa shape index (κ1) is 23.3. The minimum Gasteiger partial charge on any atom is -0.299 e. The molecule has 1 unspecified atom stereocenters. The Kier molecular flexibility index (Phi) is 8.20. The third-order valence-corrected chi connectivity index (χ3v) is 5.10. The Morgan fingerprint density at radius 2 is 1.45 bits per heavy atom. The van der Waals surface area contributed by atoms with Gasteiger partial charge in [-0.3, -0.25) is 4.90 Å². The largest absolute Gasteiger partial charge is 0.416 e. The van der Waals surface area contributed by atoms with Gasteiger partial charge in [-0.05, 0) is 73.2 Å². The van der Waals surface area contributed by atoms with Crippen LogP contribution < -0.4 is 0 Å². The molecule has 2 aromatic carbocycles. The molecule has 2 rings (SSSR count). The summed E-state index contributed by atoms with van der Waals surface area (Å²) in [6.07, 6.45) is -2.61. The maximum atomic E-state index is 13.5. The van der Waals surface area contributed by atoms with Crippen molar-refractivity contribution in [2.75, 3.05) is 13.1 Å². The van der Waals surface area contributed by atoms with Crippen LogP contribution >= 0.6 is 0 Å². The summed E-state index contributed by atoms with van der Waals surface area (Å²) in [6.45, 7) is 8.27. The van der Waals surface area contributed by atoms with Gasteiger partial charge in [-0.15, -0.1) is 0 Å². The highest BCUT2D eigenvalue weighted by molar-refractivity contribution is 5.26. The molecule has 0 aromatic heterocycles. The van der Waals surface area contributed by atoms with Gasteiger partial charge in [0, 0.05) is 6.54 Å². The van der Waals surface area contributed by atoms with E-state index >= 15 is 0 Å². The lowest BCUT2D eigenvalue weighted by molar-refractivity contribution is -0.137. The van der Waals surface area contributed by atoms with E-state index in [0.29, 0.717) is 24.6 Å². The van der Waals surface area contributed by atoms with Crippen LogP contribution in [0.5, 0.6) is 0 Å². The zero-order valence-corrected chi connectivity index (χ0v) is 17.1. The van der Waals surface area contributed by atoms with Gasteiger partial charge in [-0.1, -0.05) is 39.0 Å². The molecule has 0 heterocycles. The highest BCUT2D eigenvalue weighted by Crippen LogP contribution is 2.30. The van der Waals surface area contributed by atoms with Crippen molar-refractivity contribution in [3.63, 3.8) is 0 Å². The third-order valence-electron chi connectivity index (χ3n) is 5.10. The summed E-state index contributed by atoms with van der Waals surface area (Å²) in [4.78, 5) is 2.19. The van der Waals surface area contributed by atoms with E-state index in [4.69, 9.17) is 0 Å². The second kappa shape index (κ2) is 10.2. The van der Waals surface area contributed by atoms with Crippen LogP contribution in [0.25, 0.3) is 0 Å². The maximum absolute atomic E-state index is 13.5. The number of benzene rings is 2. The maximum Gasteiger partial charge on any atom is 0.416 e. The van der Waals surface area contributed by atoms with Gasteiger partial charge in [0.25, 0.3) is 0 Å². The number of halogens is 5. The van der Waals surface area contributed by atoms with E-state index in [0.717, 1.165) is 43.1 Å². The summed E-state index contributed by atoms with van der Waals surface area (Å²) in [6, 6.07) is 9.23. The van der Waals surface area contributed by atoms with Gasteiger partial charge in [0.15, 0.2) is 11.6 Å². The van der Waals surface area contributed by atoms with Crippen molar-refractivity contribution in [2.45, 2.75) is 52.3 Å². The molecular weight excluding hydrogens is 385 g/mol. The number of nitrogens with zero attached hydrogens (tertiary/aromatic N) is 1. The number of rotatable bonds is 9. The van der Waals surface area contributed by atoms with Crippen molar-refractivity contribution in [3.8, 4) is 0 Å². The monoisotopic (exact) mass is 413 g/mol. The molecule has 0 radical (unpaired) electrons. The fourth-order valence-corrected chi connectivity index (χ4v) is 3.15. The van der Waals surface area contributed by atoms with Crippen LogP contribution in [-0.4, -0.2) is 18.0 Å². The van der Waals surface area contributed by atoms with Gasteiger partial charge in [0.05, 0.1) is 5.56 Å². The Morgan fingerprint density at radius 1 is 0.828 bits per heavy atom. The first-order chi connectivity index (χ1) is 13.6. The lowest BCUT2D eigenvalue weighted by Crippen LogP contribution is -2.27. The molecule has 0 saturated carbocycles. The molecule has 0 bridgehead atoms. The lowest BCUT2D eigenvalue weighted by Gasteiger charge is -2.25. The van der Waals surface area contributed by atoms with E-state index in [2.05, 4.69) is 18.7 Å². The molecule has 0 spiro atoms. The van der Waals surface area contributed by atoms with E-state index in [1.54, 1.807) is 6.07 Å². The molecule has 29 heavy (non-hydrogen) atoms. The van der Waals surface area contributed by atoms with Crippen LogP contribution in [0.15, 0.2) is 42.5 Å². The molecule has 0 saturated heterocycles. The molecule has 0 fully saturated rings. The van der Waals surface area contributed by atoms with E-state index in [1.807, 2.05) is 6.92 Å². The van der Waals surface area contributed by atoms with Crippen molar-refractivity contribution in [1.29, 1.82) is 0 Å². The van der Waals surface area contributed by atoms with Crippen molar-refractivity contribution in [2.24, 2.45) is 5.92 Å². The topological polar surface area (TPSA) is 3.24 Å². The van der Waals surface area contributed by atoms with Gasteiger partial charge in [0.2, 0.25) is 0 Å².